The molecule has 0 saturated carbocycles. The molecule has 1 aromatic heterocycles. The molecule has 0 amide bonds. The Morgan fingerprint density at radius 2 is 1.42 bits per heavy atom. The molecule has 0 aliphatic rings. The maximum absolute atomic E-state index is 8.81. The molecule has 0 radical (unpaired) electrons. The Hall–Kier alpha value is -3.19. The Balaban J connectivity index is 1.67. The number of nitriles is 1. The van der Waals surface area contributed by atoms with Gasteiger partial charge in [-0.05, 0) is 29.7 Å². The number of unbranched alkanes of at least 4 members (excludes halogenated alkanes) is 2. The molecule has 0 N–H and O–H groups in total. The zero-order valence-corrected chi connectivity index (χ0v) is 14.9. The highest BCUT2D eigenvalue weighted by atomic mass is 16.5. The molecule has 4 heteroatoms. The lowest BCUT2D eigenvalue weighted by Crippen LogP contribution is -1.96. The third-order valence-corrected chi connectivity index (χ3v) is 4.13. The van der Waals surface area contributed by atoms with Crippen LogP contribution < -0.4 is 4.74 Å². The largest absolute Gasteiger partial charge is 0.494 e. The van der Waals surface area contributed by atoms with E-state index in [9.17, 15) is 0 Å². The molecule has 0 saturated heterocycles. The third kappa shape index (κ3) is 4.46. The van der Waals surface area contributed by atoms with E-state index in [0.29, 0.717) is 11.4 Å². The van der Waals surface area contributed by atoms with E-state index in [4.69, 9.17) is 10.00 Å². The summed E-state index contributed by atoms with van der Waals surface area (Å²) in [6, 6.07) is 18.3. The molecular formula is C22H21N3O. The highest BCUT2D eigenvalue weighted by molar-refractivity contribution is 5.68. The molecule has 0 unspecified atom stereocenters. The van der Waals surface area contributed by atoms with Crippen LogP contribution in [-0.2, 0) is 0 Å². The van der Waals surface area contributed by atoms with Crippen molar-refractivity contribution in [3.05, 3.63) is 66.5 Å². The number of hydrogen-bond acceptors (Lipinski definition) is 4. The number of aromatic nitrogens is 2. The van der Waals surface area contributed by atoms with Crippen LogP contribution in [0, 0.1) is 11.3 Å². The van der Waals surface area contributed by atoms with Crippen LogP contribution in [0.1, 0.15) is 31.7 Å². The number of nitrogens with zero attached hydrogens (tertiary/aromatic N) is 3. The molecule has 1 heterocycles. The second kappa shape index (κ2) is 8.77. The van der Waals surface area contributed by atoms with Crippen molar-refractivity contribution >= 4 is 0 Å². The molecule has 26 heavy (non-hydrogen) atoms. The molecule has 0 spiro atoms. The van der Waals surface area contributed by atoms with E-state index < -0.39 is 0 Å². The van der Waals surface area contributed by atoms with Crippen molar-refractivity contribution in [2.75, 3.05) is 6.61 Å². The van der Waals surface area contributed by atoms with Crippen LogP contribution in [0.4, 0.5) is 0 Å². The van der Waals surface area contributed by atoms with Gasteiger partial charge in [0.25, 0.3) is 0 Å². The fraction of sp³-hybridized carbons (Fsp3) is 0.227. The molecule has 3 aromatic rings. The van der Waals surface area contributed by atoms with Crippen LogP contribution in [0.3, 0.4) is 0 Å². The minimum atomic E-state index is 0.461. The number of ether oxygens (including phenoxy) is 1. The van der Waals surface area contributed by atoms with Gasteiger partial charge in [-0.3, -0.25) is 0 Å². The zero-order valence-electron chi connectivity index (χ0n) is 14.9. The Kier molecular flexibility index (Phi) is 5.95. The summed E-state index contributed by atoms with van der Waals surface area (Å²) in [6.45, 7) is 2.96. The Labute approximate surface area is 154 Å². The molecule has 0 aliphatic heterocycles. The predicted octanol–water partition coefficient (Wildman–Crippen LogP) is 5.25. The van der Waals surface area contributed by atoms with Crippen molar-refractivity contribution in [3.8, 4) is 34.3 Å². The van der Waals surface area contributed by atoms with Crippen LogP contribution in [0.25, 0.3) is 22.5 Å². The second-order valence-electron chi connectivity index (χ2n) is 6.06. The SMILES string of the molecule is CCCCCOc1ccc(-c2ccc(-c3ncc(C#N)cn3)cc2)cc1. The minimum Gasteiger partial charge on any atom is -0.494 e. The molecule has 0 bridgehead atoms. The van der Waals surface area contributed by atoms with Crippen LogP contribution in [0.5, 0.6) is 5.75 Å². The first-order valence-corrected chi connectivity index (χ1v) is 8.86. The Morgan fingerprint density at radius 3 is 2.00 bits per heavy atom. The number of benzene rings is 2. The van der Waals surface area contributed by atoms with Gasteiger partial charge >= 0.3 is 0 Å². The maximum atomic E-state index is 8.81. The normalized spacial score (nSPS) is 10.3. The average molecular weight is 343 g/mol. The van der Waals surface area contributed by atoms with Gasteiger partial charge in [-0.25, -0.2) is 9.97 Å². The Bertz CT molecular complexity index is 863. The van der Waals surface area contributed by atoms with Crippen molar-refractivity contribution in [2.45, 2.75) is 26.2 Å². The number of rotatable bonds is 7. The lowest BCUT2D eigenvalue weighted by Gasteiger charge is -2.08. The van der Waals surface area contributed by atoms with Gasteiger partial charge in [0.15, 0.2) is 5.82 Å². The highest BCUT2D eigenvalue weighted by Gasteiger charge is 2.04. The lowest BCUT2D eigenvalue weighted by atomic mass is 10.0. The summed E-state index contributed by atoms with van der Waals surface area (Å²) in [5, 5.41) is 8.81. The van der Waals surface area contributed by atoms with Crippen LogP contribution >= 0.6 is 0 Å². The first kappa shape index (κ1) is 17.6. The predicted molar refractivity (Wildman–Crippen MR) is 103 cm³/mol. The van der Waals surface area contributed by atoms with Crippen molar-refractivity contribution in [1.29, 1.82) is 5.26 Å². The second-order valence-corrected chi connectivity index (χ2v) is 6.06. The molecule has 0 atom stereocenters. The van der Waals surface area contributed by atoms with Crippen LogP contribution in [-0.4, -0.2) is 16.6 Å². The number of hydrogen-bond donors (Lipinski definition) is 0. The summed E-state index contributed by atoms with van der Waals surface area (Å²) in [5.74, 6) is 1.53. The lowest BCUT2D eigenvalue weighted by molar-refractivity contribution is 0.306. The summed E-state index contributed by atoms with van der Waals surface area (Å²) in [7, 11) is 0. The summed E-state index contributed by atoms with van der Waals surface area (Å²) < 4.78 is 5.76. The van der Waals surface area contributed by atoms with Gasteiger partial charge in [-0.2, -0.15) is 5.26 Å². The van der Waals surface area contributed by atoms with Crippen LogP contribution in [0.2, 0.25) is 0 Å². The fourth-order valence-corrected chi connectivity index (χ4v) is 2.63. The first-order chi connectivity index (χ1) is 12.8. The summed E-state index contributed by atoms with van der Waals surface area (Å²) in [6.07, 6.45) is 6.57. The molecule has 130 valence electrons. The fourth-order valence-electron chi connectivity index (χ4n) is 2.63. The van der Waals surface area contributed by atoms with Gasteiger partial charge in [0.05, 0.1) is 12.2 Å². The molecular weight excluding hydrogens is 322 g/mol. The molecule has 2 aromatic carbocycles. The van der Waals surface area contributed by atoms with Crippen molar-refractivity contribution in [1.82, 2.24) is 9.97 Å². The van der Waals surface area contributed by atoms with Gasteiger partial charge in [0, 0.05) is 18.0 Å². The van der Waals surface area contributed by atoms with Gasteiger partial charge in [-0.15, -0.1) is 0 Å². The van der Waals surface area contributed by atoms with Crippen molar-refractivity contribution in [3.63, 3.8) is 0 Å². The third-order valence-electron chi connectivity index (χ3n) is 4.13. The van der Waals surface area contributed by atoms with E-state index in [1.165, 1.54) is 25.2 Å². The molecule has 0 aliphatic carbocycles. The van der Waals surface area contributed by atoms with E-state index in [1.807, 2.05) is 42.5 Å². The summed E-state index contributed by atoms with van der Waals surface area (Å²) in [4.78, 5) is 8.45. The molecule has 0 fully saturated rings. The zero-order chi connectivity index (χ0) is 18.2. The standard InChI is InChI=1S/C22H21N3O/c1-2-3-4-13-26-21-11-9-19(10-12-21)18-5-7-20(8-6-18)22-24-15-17(14-23)16-25-22/h5-12,15-16H,2-4,13H2,1H3. The summed E-state index contributed by atoms with van der Waals surface area (Å²) >= 11 is 0. The molecule has 4 nitrogen and oxygen atoms in total. The van der Waals surface area contributed by atoms with Gasteiger partial charge in [0.2, 0.25) is 0 Å². The van der Waals surface area contributed by atoms with Crippen molar-refractivity contribution < 1.29 is 4.74 Å². The van der Waals surface area contributed by atoms with Crippen LogP contribution in [0.15, 0.2) is 60.9 Å². The first-order valence-electron chi connectivity index (χ1n) is 8.86. The quantitative estimate of drug-likeness (QED) is 0.550. The van der Waals surface area contributed by atoms with E-state index in [-0.39, 0.29) is 0 Å². The van der Waals surface area contributed by atoms with E-state index >= 15 is 0 Å². The minimum absolute atomic E-state index is 0.461. The van der Waals surface area contributed by atoms with Gasteiger partial charge < -0.3 is 4.74 Å². The van der Waals surface area contributed by atoms with E-state index in [1.54, 1.807) is 0 Å². The van der Waals surface area contributed by atoms with Gasteiger partial charge in [-0.1, -0.05) is 56.2 Å². The maximum Gasteiger partial charge on any atom is 0.159 e. The Morgan fingerprint density at radius 1 is 0.846 bits per heavy atom. The highest BCUT2D eigenvalue weighted by Crippen LogP contribution is 2.25. The van der Waals surface area contributed by atoms with Crippen molar-refractivity contribution in [2.24, 2.45) is 0 Å². The molecule has 3 rings (SSSR count). The monoisotopic (exact) mass is 343 g/mol. The average Bonchev–Trinajstić information content (AvgIpc) is 2.72. The van der Waals surface area contributed by atoms with E-state index in [0.717, 1.165) is 35.5 Å². The van der Waals surface area contributed by atoms with Gasteiger partial charge in [0.1, 0.15) is 11.8 Å². The summed E-state index contributed by atoms with van der Waals surface area (Å²) in [5.41, 5.74) is 3.65. The topological polar surface area (TPSA) is 58.8 Å². The smallest absolute Gasteiger partial charge is 0.159 e. The van der Waals surface area contributed by atoms with E-state index in [2.05, 4.69) is 29.0 Å².